The fourth-order valence-electron chi connectivity index (χ4n) is 1.97. The second-order valence-corrected chi connectivity index (χ2v) is 5.32. The van der Waals surface area contributed by atoms with Crippen LogP contribution < -0.4 is 4.90 Å². The number of carbonyl (C=O) groups is 2. The van der Waals surface area contributed by atoms with E-state index in [2.05, 4.69) is 0 Å². The van der Waals surface area contributed by atoms with Crippen molar-refractivity contribution in [1.29, 1.82) is 10.5 Å². The molecule has 2 rings (SSSR count). The van der Waals surface area contributed by atoms with Crippen LogP contribution in [0.4, 0.5) is 5.69 Å². The van der Waals surface area contributed by atoms with Crippen molar-refractivity contribution >= 4 is 29.3 Å². The number of fused-ring (bicyclic) bond motifs is 1. The van der Waals surface area contributed by atoms with Gasteiger partial charge in [0.15, 0.2) is 0 Å². The molecule has 6 nitrogen and oxygen atoms in total. The molecule has 0 atom stereocenters. The lowest BCUT2D eigenvalue weighted by molar-refractivity contribution is -0.130. The van der Waals surface area contributed by atoms with E-state index in [1.165, 1.54) is 16.7 Å². The van der Waals surface area contributed by atoms with Gasteiger partial charge in [0.25, 0.3) is 0 Å². The zero-order chi connectivity index (χ0) is 15.2. The zero-order valence-electron chi connectivity index (χ0n) is 11.2. The highest BCUT2D eigenvalue weighted by atomic mass is 32.2. The van der Waals surface area contributed by atoms with Crippen molar-refractivity contribution in [2.24, 2.45) is 0 Å². The van der Waals surface area contributed by atoms with Gasteiger partial charge in [0.05, 0.1) is 23.6 Å². The van der Waals surface area contributed by atoms with Gasteiger partial charge < -0.3 is 9.80 Å². The maximum absolute atomic E-state index is 12.2. The van der Waals surface area contributed by atoms with Gasteiger partial charge in [-0.15, -0.1) is 11.8 Å². The summed E-state index contributed by atoms with van der Waals surface area (Å²) in [5.74, 6) is -0.282. The Morgan fingerprint density at radius 2 is 1.95 bits per heavy atom. The van der Waals surface area contributed by atoms with E-state index in [1.807, 2.05) is 24.3 Å². The molecule has 2 amide bonds. The molecule has 21 heavy (non-hydrogen) atoms. The third-order valence-electron chi connectivity index (χ3n) is 2.98. The van der Waals surface area contributed by atoms with Gasteiger partial charge in [-0.1, -0.05) is 12.1 Å². The van der Waals surface area contributed by atoms with E-state index < -0.39 is 5.91 Å². The summed E-state index contributed by atoms with van der Waals surface area (Å²) in [5.41, 5.74) is 0.695. The first-order chi connectivity index (χ1) is 10.2. The Balaban J connectivity index is 2.19. The second-order valence-electron chi connectivity index (χ2n) is 4.30. The smallest absolute Gasteiger partial charge is 0.244 e. The van der Waals surface area contributed by atoms with Crippen molar-refractivity contribution in [1.82, 2.24) is 4.90 Å². The van der Waals surface area contributed by atoms with Crippen LogP contribution >= 0.6 is 11.8 Å². The summed E-state index contributed by atoms with van der Waals surface area (Å²) in [6.07, 6.45) is 0. The van der Waals surface area contributed by atoms with E-state index in [0.29, 0.717) is 5.69 Å². The number of benzene rings is 1. The average Bonchev–Trinajstić information content (AvgIpc) is 2.50. The van der Waals surface area contributed by atoms with Crippen LogP contribution in [-0.4, -0.2) is 42.1 Å². The van der Waals surface area contributed by atoms with E-state index in [0.717, 1.165) is 9.80 Å². The summed E-state index contributed by atoms with van der Waals surface area (Å²) in [6, 6.07) is 11.1. The maximum atomic E-state index is 12.2. The average molecular weight is 300 g/mol. The normalized spacial score (nSPS) is 13.0. The van der Waals surface area contributed by atoms with Crippen LogP contribution in [0.1, 0.15) is 0 Å². The second kappa shape index (κ2) is 6.78. The third kappa shape index (κ3) is 3.33. The van der Waals surface area contributed by atoms with Gasteiger partial charge in [-0.25, -0.2) is 0 Å². The predicted octanol–water partition coefficient (Wildman–Crippen LogP) is 1.00. The van der Waals surface area contributed by atoms with Crippen molar-refractivity contribution in [3.8, 4) is 12.1 Å². The number of nitriles is 2. The van der Waals surface area contributed by atoms with Crippen LogP contribution in [0, 0.1) is 22.7 Å². The maximum Gasteiger partial charge on any atom is 0.244 e. The SMILES string of the molecule is N#CCN(CC#N)C(=O)CN1C(=O)CSc2ccccc21. The molecule has 1 aromatic rings. The van der Waals surface area contributed by atoms with E-state index in [9.17, 15) is 9.59 Å². The van der Waals surface area contributed by atoms with Crippen LogP contribution in [0.3, 0.4) is 0 Å². The Morgan fingerprint density at radius 1 is 1.29 bits per heavy atom. The van der Waals surface area contributed by atoms with Crippen molar-refractivity contribution in [3.05, 3.63) is 24.3 Å². The molecule has 0 bridgehead atoms. The lowest BCUT2D eigenvalue weighted by atomic mass is 10.2. The molecular weight excluding hydrogens is 288 g/mol. The summed E-state index contributed by atoms with van der Waals surface area (Å²) in [4.78, 5) is 27.7. The van der Waals surface area contributed by atoms with Gasteiger partial charge in [-0.3, -0.25) is 9.59 Å². The highest BCUT2D eigenvalue weighted by Crippen LogP contribution is 2.34. The molecule has 7 heteroatoms. The third-order valence-corrected chi connectivity index (χ3v) is 4.02. The van der Waals surface area contributed by atoms with Gasteiger partial charge in [-0.2, -0.15) is 10.5 Å². The summed E-state index contributed by atoms with van der Waals surface area (Å²) in [7, 11) is 0. The fraction of sp³-hybridized carbons (Fsp3) is 0.286. The number of amides is 2. The molecule has 0 saturated carbocycles. The molecule has 0 aromatic heterocycles. The van der Waals surface area contributed by atoms with Crippen LogP contribution in [0.2, 0.25) is 0 Å². The number of para-hydroxylation sites is 1. The molecule has 0 N–H and O–H groups in total. The Morgan fingerprint density at radius 3 is 2.62 bits per heavy atom. The largest absolute Gasteiger partial charge is 0.314 e. The van der Waals surface area contributed by atoms with E-state index in [4.69, 9.17) is 10.5 Å². The number of nitrogens with zero attached hydrogens (tertiary/aromatic N) is 4. The molecule has 106 valence electrons. The van der Waals surface area contributed by atoms with Gasteiger partial charge in [0.2, 0.25) is 11.8 Å². The number of hydrogen-bond donors (Lipinski definition) is 0. The lowest BCUT2D eigenvalue weighted by Gasteiger charge is -2.29. The first-order valence-corrected chi connectivity index (χ1v) is 7.19. The molecule has 0 spiro atoms. The highest BCUT2D eigenvalue weighted by molar-refractivity contribution is 8.00. The Hall–Kier alpha value is -2.51. The Labute approximate surface area is 126 Å². The van der Waals surface area contributed by atoms with Crippen molar-refractivity contribution in [2.45, 2.75) is 4.90 Å². The molecular formula is C14H12N4O2S. The fourth-order valence-corrected chi connectivity index (χ4v) is 2.90. The van der Waals surface area contributed by atoms with Crippen LogP contribution in [0.5, 0.6) is 0 Å². The lowest BCUT2D eigenvalue weighted by Crippen LogP contribution is -2.45. The van der Waals surface area contributed by atoms with E-state index >= 15 is 0 Å². The molecule has 1 aliphatic heterocycles. The number of anilines is 1. The van der Waals surface area contributed by atoms with Crippen LogP contribution in [0.25, 0.3) is 0 Å². The van der Waals surface area contributed by atoms with E-state index in [-0.39, 0.29) is 31.3 Å². The molecule has 0 aliphatic carbocycles. The van der Waals surface area contributed by atoms with Crippen LogP contribution in [0.15, 0.2) is 29.2 Å². The minimum atomic E-state index is -0.409. The van der Waals surface area contributed by atoms with Crippen molar-refractivity contribution in [2.75, 3.05) is 30.3 Å². The minimum Gasteiger partial charge on any atom is -0.314 e. The van der Waals surface area contributed by atoms with Gasteiger partial charge in [0, 0.05) is 4.90 Å². The van der Waals surface area contributed by atoms with Gasteiger partial charge in [-0.05, 0) is 12.1 Å². The molecule has 0 radical (unpaired) electrons. The zero-order valence-corrected chi connectivity index (χ0v) is 12.0. The number of carbonyl (C=O) groups excluding carboxylic acids is 2. The van der Waals surface area contributed by atoms with Crippen molar-refractivity contribution < 1.29 is 9.59 Å². The van der Waals surface area contributed by atoms with E-state index in [1.54, 1.807) is 12.1 Å². The predicted molar refractivity (Wildman–Crippen MR) is 77.3 cm³/mol. The van der Waals surface area contributed by atoms with Crippen LogP contribution in [-0.2, 0) is 9.59 Å². The molecule has 1 aromatic carbocycles. The summed E-state index contributed by atoms with van der Waals surface area (Å²) < 4.78 is 0. The Kier molecular flexibility index (Phi) is 4.81. The first kappa shape index (κ1) is 14.9. The van der Waals surface area contributed by atoms with Crippen molar-refractivity contribution in [3.63, 3.8) is 0 Å². The number of rotatable bonds is 4. The monoisotopic (exact) mass is 300 g/mol. The molecule has 0 fully saturated rings. The highest BCUT2D eigenvalue weighted by Gasteiger charge is 2.27. The quantitative estimate of drug-likeness (QED) is 0.774. The minimum absolute atomic E-state index is 0.152. The molecule has 1 aliphatic rings. The standard InChI is InChI=1S/C14H12N4O2S/c15-5-7-17(8-6-16)13(19)9-18-11-3-1-2-4-12(11)21-10-14(18)20/h1-4H,7-10H2. The Bertz CT molecular complexity index is 631. The summed E-state index contributed by atoms with van der Waals surface area (Å²) in [6.45, 7) is -0.477. The summed E-state index contributed by atoms with van der Waals surface area (Å²) in [5, 5.41) is 17.4. The number of thioether (sulfide) groups is 1. The van der Waals surface area contributed by atoms with Gasteiger partial charge >= 0.3 is 0 Å². The molecule has 1 heterocycles. The molecule has 0 unspecified atom stereocenters. The topological polar surface area (TPSA) is 88.2 Å². The summed E-state index contributed by atoms with van der Waals surface area (Å²) >= 11 is 1.44. The van der Waals surface area contributed by atoms with Gasteiger partial charge in [0.1, 0.15) is 19.6 Å². The molecule has 0 saturated heterocycles. The number of hydrogen-bond acceptors (Lipinski definition) is 5. The first-order valence-electron chi connectivity index (χ1n) is 6.21.